The van der Waals surface area contributed by atoms with Crippen LogP contribution in [0, 0.1) is 6.92 Å². The Bertz CT molecular complexity index is 729. The lowest BCUT2D eigenvalue weighted by atomic mass is 10.1. The fraction of sp³-hybridized carbons (Fsp3) is 0.267. The summed E-state index contributed by atoms with van der Waals surface area (Å²) < 4.78 is 22.8. The van der Waals surface area contributed by atoms with Gasteiger partial charge in [-0.3, -0.25) is 4.98 Å². The number of rotatable bonds is 5. The van der Waals surface area contributed by atoms with E-state index in [0.29, 0.717) is 6.54 Å². The molecule has 21 heavy (non-hydrogen) atoms. The van der Waals surface area contributed by atoms with Crippen LogP contribution < -0.4 is 10.5 Å². The molecule has 112 valence electrons. The molecule has 0 saturated carbocycles. The average molecular weight is 305 g/mol. The van der Waals surface area contributed by atoms with Crippen LogP contribution >= 0.6 is 0 Å². The van der Waals surface area contributed by atoms with Gasteiger partial charge in [0, 0.05) is 25.0 Å². The van der Waals surface area contributed by atoms with Crippen LogP contribution in [0.25, 0.3) is 0 Å². The SMILES string of the molecule is Cc1ccncc1CNC(C)c1cccc(S(N)(=O)=O)c1. The Kier molecular flexibility index (Phi) is 4.72. The van der Waals surface area contributed by atoms with E-state index in [1.807, 2.05) is 32.2 Å². The molecule has 1 unspecified atom stereocenters. The van der Waals surface area contributed by atoms with Crippen molar-refractivity contribution in [1.29, 1.82) is 0 Å². The second-order valence-electron chi connectivity index (χ2n) is 5.02. The zero-order valence-corrected chi connectivity index (χ0v) is 12.9. The van der Waals surface area contributed by atoms with Crippen molar-refractivity contribution in [1.82, 2.24) is 10.3 Å². The molecule has 1 heterocycles. The van der Waals surface area contributed by atoms with Gasteiger partial charge >= 0.3 is 0 Å². The molecule has 3 N–H and O–H groups in total. The van der Waals surface area contributed by atoms with Gasteiger partial charge in [-0.25, -0.2) is 13.6 Å². The molecule has 6 heteroatoms. The number of nitrogens with two attached hydrogens (primary N) is 1. The van der Waals surface area contributed by atoms with E-state index < -0.39 is 10.0 Å². The largest absolute Gasteiger partial charge is 0.306 e. The Morgan fingerprint density at radius 2 is 2.10 bits per heavy atom. The maximum Gasteiger partial charge on any atom is 0.238 e. The van der Waals surface area contributed by atoms with Gasteiger partial charge in [-0.1, -0.05) is 12.1 Å². The lowest BCUT2D eigenvalue weighted by Crippen LogP contribution is -2.19. The van der Waals surface area contributed by atoms with Crippen LogP contribution in [0.5, 0.6) is 0 Å². The number of nitrogens with zero attached hydrogens (tertiary/aromatic N) is 1. The number of pyridine rings is 1. The van der Waals surface area contributed by atoms with E-state index in [2.05, 4.69) is 10.3 Å². The number of hydrogen-bond donors (Lipinski definition) is 2. The molecule has 0 aliphatic rings. The first kappa shape index (κ1) is 15.6. The highest BCUT2D eigenvalue weighted by atomic mass is 32.2. The molecule has 2 aromatic rings. The smallest absolute Gasteiger partial charge is 0.238 e. The minimum Gasteiger partial charge on any atom is -0.306 e. The number of primary sulfonamides is 1. The molecule has 0 aliphatic heterocycles. The molecule has 0 aliphatic carbocycles. The van der Waals surface area contributed by atoms with Gasteiger partial charge in [-0.15, -0.1) is 0 Å². The van der Waals surface area contributed by atoms with Gasteiger partial charge < -0.3 is 5.32 Å². The highest BCUT2D eigenvalue weighted by molar-refractivity contribution is 7.89. The monoisotopic (exact) mass is 305 g/mol. The number of hydrogen-bond acceptors (Lipinski definition) is 4. The Balaban J connectivity index is 2.11. The van der Waals surface area contributed by atoms with Crippen molar-refractivity contribution in [2.75, 3.05) is 0 Å². The van der Waals surface area contributed by atoms with E-state index >= 15 is 0 Å². The van der Waals surface area contributed by atoms with Crippen LogP contribution in [-0.4, -0.2) is 13.4 Å². The average Bonchev–Trinajstić information content (AvgIpc) is 2.45. The molecule has 5 nitrogen and oxygen atoms in total. The van der Waals surface area contributed by atoms with Crippen molar-refractivity contribution in [2.45, 2.75) is 31.3 Å². The summed E-state index contributed by atoms with van der Waals surface area (Å²) in [6.07, 6.45) is 3.59. The maximum atomic E-state index is 11.4. The van der Waals surface area contributed by atoms with E-state index in [0.717, 1.165) is 11.1 Å². The molecule has 0 saturated heterocycles. The second kappa shape index (κ2) is 6.34. The molecule has 0 bridgehead atoms. The van der Waals surface area contributed by atoms with E-state index in [1.165, 1.54) is 11.6 Å². The van der Waals surface area contributed by atoms with Crippen molar-refractivity contribution in [3.05, 3.63) is 59.4 Å². The normalized spacial score (nSPS) is 13.1. The molecule has 0 fully saturated rings. The first-order valence-electron chi connectivity index (χ1n) is 6.63. The summed E-state index contributed by atoms with van der Waals surface area (Å²) in [6, 6.07) is 8.64. The van der Waals surface area contributed by atoms with Crippen LogP contribution in [0.4, 0.5) is 0 Å². The van der Waals surface area contributed by atoms with Crippen LogP contribution in [0.3, 0.4) is 0 Å². The highest BCUT2D eigenvalue weighted by Gasteiger charge is 2.11. The van der Waals surface area contributed by atoms with Crippen LogP contribution in [-0.2, 0) is 16.6 Å². The van der Waals surface area contributed by atoms with Crippen molar-refractivity contribution in [3.63, 3.8) is 0 Å². The zero-order valence-electron chi connectivity index (χ0n) is 12.1. The first-order chi connectivity index (χ1) is 9.88. The van der Waals surface area contributed by atoms with E-state index in [9.17, 15) is 8.42 Å². The maximum absolute atomic E-state index is 11.4. The van der Waals surface area contributed by atoms with Gasteiger partial charge in [-0.2, -0.15) is 0 Å². The fourth-order valence-corrected chi connectivity index (χ4v) is 2.59. The molecule has 1 aromatic heterocycles. The predicted molar refractivity (Wildman–Crippen MR) is 82.0 cm³/mol. The Morgan fingerprint density at radius 3 is 2.76 bits per heavy atom. The van der Waals surface area contributed by atoms with Crippen LogP contribution in [0.15, 0.2) is 47.6 Å². The lowest BCUT2D eigenvalue weighted by molar-refractivity contribution is 0.570. The molecule has 0 radical (unpaired) electrons. The van der Waals surface area contributed by atoms with Crippen LogP contribution in [0.2, 0.25) is 0 Å². The number of benzene rings is 1. The van der Waals surface area contributed by atoms with Gasteiger partial charge in [0.25, 0.3) is 0 Å². The second-order valence-corrected chi connectivity index (χ2v) is 6.58. The van der Waals surface area contributed by atoms with Gasteiger partial charge in [0.1, 0.15) is 0 Å². The molecule has 1 aromatic carbocycles. The van der Waals surface area contributed by atoms with E-state index in [-0.39, 0.29) is 10.9 Å². The van der Waals surface area contributed by atoms with Crippen molar-refractivity contribution in [2.24, 2.45) is 5.14 Å². The van der Waals surface area contributed by atoms with Crippen molar-refractivity contribution < 1.29 is 8.42 Å². The molecular formula is C15H19N3O2S. The summed E-state index contributed by atoms with van der Waals surface area (Å²) in [7, 11) is -3.67. The summed E-state index contributed by atoms with van der Waals surface area (Å²) in [5.41, 5.74) is 3.16. The number of aryl methyl sites for hydroxylation is 1. The third kappa shape index (κ3) is 4.10. The highest BCUT2D eigenvalue weighted by Crippen LogP contribution is 2.17. The van der Waals surface area contributed by atoms with Crippen molar-refractivity contribution >= 4 is 10.0 Å². The zero-order chi connectivity index (χ0) is 15.5. The van der Waals surface area contributed by atoms with Gasteiger partial charge in [0.2, 0.25) is 10.0 Å². The molecule has 2 rings (SSSR count). The fourth-order valence-electron chi connectivity index (χ4n) is 2.02. The van der Waals surface area contributed by atoms with Gasteiger partial charge in [0.05, 0.1) is 4.90 Å². The standard InChI is InChI=1S/C15H19N3O2S/c1-11-6-7-17-9-14(11)10-18-12(2)13-4-3-5-15(8-13)21(16,19)20/h3-9,12,18H,10H2,1-2H3,(H2,16,19,20). The third-order valence-corrected chi connectivity index (χ3v) is 4.34. The Morgan fingerprint density at radius 1 is 1.33 bits per heavy atom. The summed E-state index contributed by atoms with van der Waals surface area (Å²) in [6.45, 7) is 4.68. The first-order valence-corrected chi connectivity index (χ1v) is 8.18. The third-order valence-electron chi connectivity index (χ3n) is 3.43. The minimum absolute atomic E-state index is 0.00584. The van der Waals surface area contributed by atoms with Gasteiger partial charge in [-0.05, 0) is 48.7 Å². The lowest BCUT2D eigenvalue weighted by Gasteiger charge is -2.15. The minimum atomic E-state index is -3.67. The van der Waals surface area contributed by atoms with Crippen molar-refractivity contribution in [3.8, 4) is 0 Å². The van der Waals surface area contributed by atoms with E-state index in [4.69, 9.17) is 5.14 Å². The molecule has 1 atom stereocenters. The summed E-state index contributed by atoms with van der Waals surface area (Å²) in [5.74, 6) is 0. The number of aromatic nitrogens is 1. The number of nitrogens with one attached hydrogen (secondary N) is 1. The van der Waals surface area contributed by atoms with Gasteiger partial charge in [0.15, 0.2) is 0 Å². The summed E-state index contributed by atoms with van der Waals surface area (Å²) >= 11 is 0. The number of sulfonamides is 1. The quantitative estimate of drug-likeness (QED) is 0.883. The van der Waals surface area contributed by atoms with Crippen LogP contribution in [0.1, 0.15) is 29.7 Å². The summed E-state index contributed by atoms with van der Waals surface area (Å²) in [4.78, 5) is 4.24. The topological polar surface area (TPSA) is 85.1 Å². The van der Waals surface area contributed by atoms with E-state index in [1.54, 1.807) is 18.3 Å². The molecule has 0 amide bonds. The Hall–Kier alpha value is -1.76. The molecular weight excluding hydrogens is 286 g/mol. The molecule has 0 spiro atoms. The predicted octanol–water partition coefficient (Wildman–Crippen LogP) is 1.89. The Labute approximate surface area is 125 Å². The summed E-state index contributed by atoms with van der Waals surface area (Å²) in [5, 5.41) is 8.51.